The van der Waals surface area contributed by atoms with E-state index >= 15 is 0 Å². The molecule has 132 valence electrons. The van der Waals surface area contributed by atoms with Crippen molar-refractivity contribution in [3.63, 3.8) is 0 Å². The number of benzene rings is 3. The minimum atomic E-state index is -6.00. The van der Waals surface area contributed by atoms with Crippen LogP contribution in [0.1, 0.15) is 11.1 Å². The van der Waals surface area contributed by atoms with Crippen molar-refractivity contribution in [3.8, 4) is 11.1 Å². The topological polar surface area (TPSA) is 28.1 Å². The smallest absolute Gasteiger partial charge is 0.418 e. The lowest BCUT2D eigenvalue weighted by Gasteiger charge is -1.98. The van der Waals surface area contributed by atoms with Gasteiger partial charge in [-0.1, -0.05) is 66.7 Å². The maximum atomic E-state index is 9.75. The van der Waals surface area contributed by atoms with Crippen molar-refractivity contribution < 1.29 is 17.3 Å². The Morgan fingerprint density at radius 2 is 1.04 bits per heavy atom. The van der Waals surface area contributed by atoms with E-state index in [0.717, 1.165) is 6.42 Å². The van der Waals surface area contributed by atoms with Crippen LogP contribution in [-0.4, -0.2) is 7.25 Å². The van der Waals surface area contributed by atoms with E-state index in [2.05, 4.69) is 53.5 Å². The van der Waals surface area contributed by atoms with Gasteiger partial charge >= 0.3 is 12.9 Å². The molecule has 26 heavy (non-hydrogen) atoms. The standard InChI is InChI=1S/C13H10.C6H5N2.BF4/c1-3-7-12-10(5-1)9-11-6-2-4-8-13(11)12;7-8-6-4-2-1-3-5-6;2-1(3,4)5/h1-8H,9H2;1-5H;/q;+1;-1. The molecule has 0 aromatic heterocycles. The van der Waals surface area contributed by atoms with Crippen LogP contribution in [-0.2, 0) is 6.42 Å². The van der Waals surface area contributed by atoms with Gasteiger partial charge in [0.15, 0.2) is 4.98 Å². The summed E-state index contributed by atoms with van der Waals surface area (Å²) < 4.78 is 39.0. The molecule has 0 N–H and O–H groups in total. The fourth-order valence-corrected chi connectivity index (χ4v) is 2.57. The second kappa shape index (κ2) is 8.81. The Morgan fingerprint density at radius 3 is 1.42 bits per heavy atom. The van der Waals surface area contributed by atoms with Gasteiger partial charge in [0.05, 0.1) is 0 Å². The van der Waals surface area contributed by atoms with Crippen LogP contribution in [0.2, 0.25) is 0 Å². The van der Waals surface area contributed by atoms with E-state index in [4.69, 9.17) is 5.39 Å². The molecular weight excluding hydrogens is 343 g/mol. The maximum absolute atomic E-state index is 9.75. The molecule has 1 aliphatic carbocycles. The number of nitrogens with zero attached hydrogens (tertiary/aromatic N) is 2. The summed E-state index contributed by atoms with van der Waals surface area (Å²) in [6.07, 6.45) is 1.10. The van der Waals surface area contributed by atoms with Crippen molar-refractivity contribution in [2.45, 2.75) is 6.42 Å². The highest BCUT2D eigenvalue weighted by molar-refractivity contribution is 6.50. The number of rotatable bonds is 0. The third-order valence-corrected chi connectivity index (χ3v) is 3.58. The van der Waals surface area contributed by atoms with Crippen LogP contribution in [0.4, 0.5) is 23.0 Å². The Hall–Kier alpha value is -3.14. The first-order valence-corrected chi connectivity index (χ1v) is 7.82. The molecule has 4 rings (SSSR count). The molecule has 0 saturated heterocycles. The van der Waals surface area contributed by atoms with Crippen LogP contribution < -0.4 is 0 Å². The third kappa shape index (κ3) is 6.06. The predicted molar refractivity (Wildman–Crippen MR) is 96.1 cm³/mol. The fraction of sp³-hybridized carbons (Fsp3) is 0.0526. The van der Waals surface area contributed by atoms with E-state index in [-0.39, 0.29) is 0 Å². The van der Waals surface area contributed by atoms with E-state index in [0.29, 0.717) is 5.69 Å². The van der Waals surface area contributed by atoms with Crippen molar-refractivity contribution in [3.05, 3.63) is 95.0 Å². The van der Waals surface area contributed by atoms with Gasteiger partial charge in [-0.05, 0) is 28.7 Å². The normalized spacial score (nSPS) is 10.9. The van der Waals surface area contributed by atoms with E-state index in [1.165, 1.54) is 22.3 Å². The highest BCUT2D eigenvalue weighted by Crippen LogP contribution is 2.35. The summed E-state index contributed by atoms with van der Waals surface area (Å²) in [4.78, 5) is 2.97. The van der Waals surface area contributed by atoms with E-state index < -0.39 is 7.25 Å². The second-order valence-corrected chi connectivity index (χ2v) is 5.42. The van der Waals surface area contributed by atoms with Gasteiger partial charge in [-0.15, -0.1) is 0 Å². The summed E-state index contributed by atoms with van der Waals surface area (Å²) in [6.45, 7) is 0. The molecular formula is C19H15BF4N2. The molecule has 7 heteroatoms. The lowest BCUT2D eigenvalue weighted by atomic mass is 10.1. The lowest BCUT2D eigenvalue weighted by Crippen LogP contribution is -2.02. The largest absolute Gasteiger partial charge is 0.673 e. The Labute approximate surface area is 148 Å². The molecule has 0 radical (unpaired) electrons. The molecule has 0 spiro atoms. The number of fused-ring (bicyclic) bond motifs is 3. The average molecular weight is 358 g/mol. The Balaban J connectivity index is 0.000000161. The van der Waals surface area contributed by atoms with Crippen LogP contribution in [0.25, 0.3) is 16.1 Å². The molecule has 0 aliphatic heterocycles. The van der Waals surface area contributed by atoms with Crippen LogP contribution >= 0.6 is 0 Å². The molecule has 1 aliphatic rings. The molecule has 2 nitrogen and oxygen atoms in total. The molecule has 0 heterocycles. The van der Waals surface area contributed by atoms with Gasteiger partial charge in [0.2, 0.25) is 5.39 Å². The first-order chi connectivity index (χ1) is 12.4. The van der Waals surface area contributed by atoms with Gasteiger partial charge in [-0.25, -0.2) is 0 Å². The zero-order valence-electron chi connectivity index (χ0n) is 13.7. The summed E-state index contributed by atoms with van der Waals surface area (Å²) in [6, 6.07) is 26.3. The zero-order chi connectivity index (χ0) is 19.0. The summed E-state index contributed by atoms with van der Waals surface area (Å²) in [5.41, 5.74) is 6.34. The van der Waals surface area contributed by atoms with Crippen molar-refractivity contribution in [2.75, 3.05) is 0 Å². The maximum Gasteiger partial charge on any atom is 0.673 e. The second-order valence-electron chi connectivity index (χ2n) is 5.42. The van der Waals surface area contributed by atoms with Crippen LogP contribution in [0, 0.1) is 5.39 Å². The number of hydrogen-bond acceptors (Lipinski definition) is 1. The quantitative estimate of drug-likeness (QED) is 0.195. The minimum absolute atomic E-state index is 0.590. The fourth-order valence-electron chi connectivity index (χ4n) is 2.57. The SMILES string of the molecule is F[B-](F)(F)F.N#[N+]c1ccccc1.c1ccc2c(c1)Cc1ccccc1-2. The predicted octanol–water partition coefficient (Wildman–Crippen LogP) is 6.73. The molecule has 3 aromatic rings. The Kier molecular flexibility index (Phi) is 6.51. The first kappa shape index (κ1) is 19.2. The molecule has 0 amide bonds. The molecule has 3 aromatic carbocycles. The van der Waals surface area contributed by atoms with Gasteiger partial charge in [0, 0.05) is 12.1 Å². The number of halogens is 4. The number of diazo groups is 1. The van der Waals surface area contributed by atoms with Crippen LogP contribution in [0.3, 0.4) is 0 Å². The zero-order valence-corrected chi connectivity index (χ0v) is 13.7. The van der Waals surface area contributed by atoms with Crippen molar-refractivity contribution >= 4 is 12.9 Å². The van der Waals surface area contributed by atoms with Gasteiger partial charge in [0.1, 0.15) is 0 Å². The molecule has 0 saturated carbocycles. The van der Waals surface area contributed by atoms with Gasteiger partial charge in [-0.3, -0.25) is 0 Å². The monoisotopic (exact) mass is 358 g/mol. The van der Waals surface area contributed by atoms with Crippen molar-refractivity contribution in [2.24, 2.45) is 0 Å². The summed E-state index contributed by atoms with van der Waals surface area (Å²) in [7, 11) is -6.00. The van der Waals surface area contributed by atoms with Crippen molar-refractivity contribution in [1.82, 2.24) is 0 Å². The first-order valence-electron chi connectivity index (χ1n) is 7.82. The molecule has 0 bridgehead atoms. The Bertz CT molecular complexity index is 840. The van der Waals surface area contributed by atoms with E-state index in [1.54, 1.807) is 12.1 Å². The van der Waals surface area contributed by atoms with Crippen molar-refractivity contribution in [1.29, 1.82) is 5.39 Å². The van der Waals surface area contributed by atoms with Gasteiger partial charge in [-0.2, -0.15) is 0 Å². The summed E-state index contributed by atoms with van der Waals surface area (Å²) in [5.74, 6) is 0. The highest BCUT2D eigenvalue weighted by Gasteiger charge is 2.20. The summed E-state index contributed by atoms with van der Waals surface area (Å²) >= 11 is 0. The average Bonchev–Trinajstić information content (AvgIpc) is 3.00. The number of hydrogen-bond donors (Lipinski definition) is 0. The molecule has 0 atom stereocenters. The molecule has 0 unspecified atom stereocenters. The van der Waals surface area contributed by atoms with Gasteiger partial charge in [0.25, 0.3) is 0 Å². The van der Waals surface area contributed by atoms with E-state index in [9.17, 15) is 17.3 Å². The van der Waals surface area contributed by atoms with Crippen LogP contribution in [0.5, 0.6) is 0 Å². The van der Waals surface area contributed by atoms with Crippen LogP contribution in [0.15, 0.2) is 78.9 Å². The summed E-state index contributed by atoms with van der Waals surface area (Å²) in [5, 5.41) is 8.16. The lowest BCUT2D eigenvalue weighted by molar-refractivity contribution is 0.368. The highest BCUT2D eigenvalue weighted by atomic mass is 19.5. The van der Waals surface area contributed by atoms with E-state index in [1.807, 2.05) is 18.2 Å². The molecule has 0 fully saturated rings. The third-order valence-electron chi connectivity index (χ3n) is 3.58. The minimum Gasteiger partial charge on any atom is -0.418 e. The Morgan fingerprint density at radius 1 is 0.654 bits per heavy atom. The van der Waals surface area contributed by atoms with Gasteiger partial charge < -0.3 is 17.3 Å².